The highest BCUT2D eigenvalue weighted by molar-refractivity contribution is 7.98. The van der Waals surface area contributed by atoms with Crippen molar-refractivity contribution in [2.75, 3.05) is 11.9 Å². The summed E-state index contributed by atoms with van der Waals surface area (Å²) in [5.74, 6) is 1.45. The van der Waals surface area contributed by atoms with E-state index in [-0.39, 0.29) is 0 Å². The molecule has 0 aromatic carbocycles. The minimum absolute atomic E-state index is 0.463. The zero-order valence-corrected chi connectivity index (χ0v) is 12.0. The maximum absolute atomic E-state index is 11.2. The maximum atomic E-state index is 11.2. The van der Waals surface area contributed by atoms with Gasteiger partial charge in [0, 0.05) is 25.5 Å². The first-order valence-electron chi connectivity index (χ1n) is 6.09. The highest BCUT2D eigenvalue weighted by atomic mass is 32.2. The van der Waals surface area contributed by atoms with Crippen LogP contribution in [-0.2, 0) is 12.8 Å². The van der Waals surface area contributed by atoms with Gasteiger partial charge in [0.1, 0.15) is 5.82 Å². The lowest BCUT2D eigenvalue weighted by molar-refractivity contribution is 0.596. The van der Waals surface area contributed by atoms with E-state index in [1.54, 1.807) is 13.2 Å². The van der Waals surface area contributed by atoms with Crippen LogP contribution in [-0.4, -0.2) is 26.3 Å². The third-order valence-electron chi connectivity index (χ3n) is 2.50. The Bertz CT molecular complexity index is 692. The third kappa shape index (κ3) is 3.47. The molecule has 0 spiro atoms. The van der Waals surface area contributed by atoms with Crippen LogP contribution in [0.25, 0.3) is 0 Å². The molecule has 20 heavy (non-hydrogen) atoms. The monoisotopic (exact) mass is 293 g/mol. The Morgan fingerprint density at radius 2 is 2.20 bits per heavy atom. The predicted octanol–water partition coefficient (Wildman–Crippen LogP) is 0.588. The number of pyridine rings is 1. The number of hydrogen-bond acceptors (Lipinski definition) is 6. The molecule has 0 fully saturated rings. The van der Waals surface area contributed by atoms with Gasteiger partial charge in [-0.05, 0) is 18.6 Å². The van der Waals surface area contributed by atoms with Crippen molar-refractivity contribution in [1.29, 1.82) is 0 Å². The van der Waals surface area contributed by atoms with E-state index in [0.29, 0.717) is 10.9 Å². The Kier molecular flexibility index (Phi) is 4.57. The second-order valence-corrected chi connectivity index (χ2v) is 5.01. The summed E-state index contributed by atoms with van der Waals surface area (Å²) in [5.41, 5.74) is -0.475. The van der Waals surface area contributed by atoms with E-state index in [4.69, 9.17) is 0 Å². The molecule has 0 saturated heterocycles. The molecule has 0 saturated carbocycles. The van der Waals surface area contributed by atoms with Crippen molar-refractivity contribution in [3.05, 3.63) is 44.6 Å². The van der Waals surface area contributed by atoms with Gasteiger partial charge in [-0.2, -0.15) is 4.98 Å². The second-order valence-electron chi connectivity index (χ2n) is 4.07. The molecule has 0 radical (unpaired) electrons. The summed E-state index contributed by atoms with van der Waals surface area (Å²) >= 11 is 1.36. The fourth-order valence-electron chi connectivity index (χ4n) is 1.53. The standard InChI is InChI=1S/C12H15N5O2S/c1-3-13-9-5-4-8(6-14-9)7-20-12-15-10(18)11(19)16-17(12)2/h4-6H,3,7H2,1-2H3,(H,13,14)(H,16,19). The van der Waals surface area contributed by atoms with Gasteiger partial charge >= 0.3 is 11.1 Å². The minimum atomic E-state index is -0.772. The fraction of sp³-hybridized carbons (Fsp3) is 0.333. The van der Waals surface area contributed by atoms with Gasteiger partial charge in [-0.3, -0.25) is 19.4 Å². The lowest BCUT2D eigenvalue weighted by atomic mass is 10.3. The average Bonchev–Trinajstić information content (AvgIpc) is 2.43. The molecule has 2 aromatic rings. The van der Waals surface area contributed by atoms with Crippen LogP contribution in [0.15, 0.2) is 33.1 Å². The molecule has 8 heteroatoms. The third-order valence-corrected chi connectivity index (χ3v) is 3.60. The largest absolute Gasteiger partial charge is 0.370 e. The van der Waals surface area contributed by atoms with E-state index >= 15 is 0 Å². The van der Waals surface area contributed by atoms with Gasteiger partial charge in [0.2, 0.25) is 0 Å². The van der Waals surface area contributed by atoms with Crippen molar-refractivity contribution >= 4 is 17.6 Å². The van der Waals surface area contributed by atoms with Gasteiger partial charge < -0.3 is 5.32 Å². The summed E-state index contributed by atoms with van der Waals surface area (Å²) in [6.45, 7) is 2.83. The molecule has 0 atom stereocenters. The molecule has 106 valence electrons. The minimum Gasteiger partial charge on any atom is -0.370 e. The van der Waals surface area contributed by atoms with E-state index in [2.05, 4.69) is 20.4 Å². The molecule has 2 aromatic heterocycles. The van der Waals surface area contributed by atoms with Gasteiger partial charge in [0.05, 0.1) is 0 Å². The number of aryl methyl sites for hydroxylation is 1. The maximum Gasteiger partial charge on any atom is 0.339 e. The Morgan fingerprint density at radius 1 is 1.40 bits per heavy atom. The lowest BCUT2D eigenvalue weighted by Crippen LogP contribution is -2.33. The fourth-order valence-corrected chi connectivity index (χ4v) is 2.39. The van der Waals surface area contributed by atoms with Gasteiger partial charge in [-0.1, -0.05) is 17.8 Å². The smallest absolute Gasteiger partial charge is 0.339 e. The number of aromatic amines is 1. The molecular formula is C12H15N5O2S. The average molecular weight is 293 g/mol. The highest BCUT2D eigenvalue weighted by Gasteiger charge is 2.05. The summed E-state index contributed by atoms with van der Waals surface area (Å²) in [6.07, 6.45) is 1.77. The normalized spacial score (nSPS) is 10.5. The summed E-state index contributed by atoms with van der Waals surface area (Å²) in [7, 11) is 1.64. The molecule has 7 nitrogen and oxygen atoms in total. The van der Waals surface area contributed by atoms with Crippen molar-refractivity contribution in [3.63, 3.8) is 0 Å². The van der Waals surface area contributed by atoms with Crippen molar-refractivity contribution < 1.29 is 0 Å². The first-order valence-corrected chi connectivity index (χ1v) is 7.07. The van der Waals surface area contributed by atoms with Crippen LogP contribution in [0.1, 0.15) is 12.5 Å². The molecule has 0 aliphatic carbocycles. The molecule has 2 heterocycles. The van der Waals surface area contributed by atoms with Crippen LogP contribution in [0.5, 0.6) is 0 Å². The van der Waals surface area contributed by atoms with Crippen LogP contribution in [0.4, 0.5) is 5.82 Å². The number of nitrogens with one attached hydrogen (secondary N) is 2. The summed E-state index contributed by atoms with van der Waals surface area (Å²) in [6, 6.07) is 3.86. The van der Waals surface area contributed by atoms with E-state index < -0.39 is 11.1 Å². The van der Waals surface area contributed by atoms with Crippen LogP contribution >= 0.6 is 11.8 Å². The Labute approximate surface area is 119 Å². The molecule has 0 amide bonds. The summed E-state index contributed by atoms with van der Waals surface area (Å²) in [5, 5.41) is 5.99. The topological polar surface area (TPSA) is 92.7 Å². The molecule has 2 rings (SSSR count). The quantitative estimate of drug-likeness (QED) is 0.619. The molecule has 0 aliphatic heterocycles. The van der Waals surface area contributed by atoms with E-state index in [1.807, 2.05) is 19.1 Å². The molecule has 2 N–H and O–H groups in total. The number of thioether (sulfide) groups is 1. The molecule has 0 aliphatic rings. The number of hydrogen-bond donors (Lipinski definition) is 2. The van der Waals surface area contributed by atoms with Crippen molar-refractivity contribution in [2.45, 2.75) is 17.8 Å². The van der Waals surface area contributed by atoms with Crippen LogP contribution in [0, 0.1) is 0 Å². The first-order chi connectivity index (χ1) is 9.60. The molecular weight excluding hydrogens is 278 g/mol. The number of nitrogens with zero attached hydrogens (tertiary/aromatic N) is 3. The van der Waals surface area contributed by atoms with Gasteiger partial charge in [-0.15, -0.1) is 0 Å². The molecule has 0 bridgehead atoms. The van der Waals surface area contributed by atoms with Gasteiger partial charge in [0.15, 0.2) is 5.16 Å². The second kappa shape index (κ2) is 6.38. The van der Waals surface area contributed by atoms with E-state index in [9.17, 15) is 9.59 Å². The number of H-pyrrole nitrogens is 1. The highest BCUT2D eigenvalue weighted by Crippen LogP contribution is 2.18. The summed E-state index contributed by atoms with van der Waals surface area (Å²) < 4.78 is 1.44. The Hall–Kier alpha value is -2.09. The van der Waals surface area contributed by atoms with Crippen LogP contribution in [0.3, 0.4) is 0 Å². The lowest BCUT2D eigenvalue weighted by Gasteiger charge is -2.06. The van der Waals surface area contributed by atoms with Gasteiger partial charge in [-0.25, -0.2) is 4.98 Å². The number of anilines is 1. The Balaban J connectivity index is 2.07. The number of rotatable bonds is 5. The van der Waals surface area contributed by atoms with Gasteiger partial charge in [0.25, 0.3) is 0 Å². The van der Waals surface area contributed by atoms with E-state index in [1.165, 1.54) is 16.4 Å². The number of aromatic nitrogens is 4. The SMILES string of the molecule is CCNc1ccc(CSc2nc(=O)c(=O)[nH]n2C)cn1. The van der Waals surface area contributed by atoms with Crippen molar-refractivity contribution in [2.24, 2.45) is 7.05 Å². The summed E-state index contributed by atoms with van der Waals surface area (Å²) in [4.78, 5) is 30.3. The first kappa shape index (κ1) is 14.3. The van der Waals surface area contributed by atoms with E-state index in [0.717, 1.165) is 17.9 Å². The van der Waals surface area contributed by atoms with Crippen LogP contribution < -0.4 is 16.4 Å². The van der Waals surface area contributed by atoms with Crippen molar-refractivity contribution in [1.82, 2.24) is 19.7 Å². The Morgan fingerprint density at radius 3 is 2.85 bits per heavy atom. The van der Waals surface area contributed by atoms with Crippen LogP contribution in [0.2, 0.25) is 0 Å². The zero-order valence-electron chi connectivity index (χ0n) is 11.2. The molecule has 0 unspecified atom stereocenters. The van der Waals surface area contributed by atoms with Crippen molar-refractivity contribution in [3.8, 4) is 0 Å². The zero-order chi connectivity index (χ0) is 14.5. The predicted molar refractivity (Wildman–Crippen MR) is 78.1 cm³/mol.